The van der Waals surface area contributed by atoms with Crippen molar-refractivity contribution >= 4 is 6.21 Å². The lowest BCUT2D eigenvalue weighted by Crippen LogP contribution is -2.23. The summed E-state index contributed by atoms with van der Waals surface area (Å²) < 4.78 is 6.55. The normalized spacial score (nSPS) is 15.0. The molecule has 0 atom stereocenters. The van der Waals surface area contributed by atoms with Gasteiger partial charge in [0.15, 0.2) is 0 Å². The molecule has 2 heteroatoms. The zero-order valence-electron chi connectivity index (χ0n) is 16.9. The van der Waals surface area contributed by atoms with Gasteiger partial charge in [0.05, 0.1) is 0 Å². The summed E-state index contributed by atoms with van der Waals surface area (Å²) in [6.07, 6.45) is 3.48. The smallest absolute Gasteiger partial charge is 0.132 e. The molecule has 0 spiro atoms. The van der Waals surface area contributed by atoms with Gasteiger partial charge in [0.25, 0.3) is 0 Å². The first-order valence-electron chi connectivity index (χ1n) is 9.52. The minimum absolute atomic E-state index is 0.0416. The average molecular weight is 350 g/mol. The maximum absolute atomic E-state index is 7.98. The maximum Gasteiger partial charge on any atom is 0.132 e. The Kier molecular flexibility index (Phi) is 4.72. The van der Waals surface area contributed by atoms with Crippen LogP contribution < -0.4 is 4.74 Å². The summed E-state index contributed by atoms with van der Waals surface area (Å²) in [5.41, 5.74) is 6.11. The van der Waals surface area contributed by atoms with Crippen LogP contribution in [-0.2, 0) is 23.7 Å². The molecule has 0 saturated carbocycles. The summed E-state index contributed by atoms with van der Waals surface area (Å²) in [6, 6.07) is 13.0. The highest BCUT2D eigenvalue weighted by atomic mass is 16.5. The van der Waals surface area contributed by atoms with E-state index < -0.39 is 0 Å². The van der Waals surface area contributed by atoms with Crippen molar-refractivity contribution in [1.29, 1.82) is 5.41 Å². The molecule has 138 valence electrons. The lowest BCUT2D eigenvalue weighted by Gasteiger charge is -2.30. The van der Waals surface area contributed by atoms with Crippen LogP contribution in [0.25, 0.3) is 0 Å². The van der Waals surface area contributed by atoms with E-state index in [9.17, 15) is 0 Å². The van der Waals surface area contributed by atoms with Crippen molar-refractivity contribution in [2.45, 2.75) is 71.3 Å². The third kappa shape index (κ3) is 3.70. The molecule has 2 nitrogen and oxygen atoms in total. The Hall–Kier alpha value is -2.09. The van der Waals surface area contributed by atoms with Crippen molar-refractivity contribution in [2.75, 3.05) is 0 Å². The number of nitrogens with one attached hydrogen (secondary N) is 1. The molecule has 0 aliphatic heterocycles. The van der Waals surface area contributed by atoms with Gasteiger partial charge >= 0.3 is 0 Å². The maximum atomic E-state index is 7.98. The summed E-state index contributed by atoms with van der Waals surface area (Å²) in [5, 5.41) is 7.98. The minimum atomic E-state index is -0.0419. The van der Waals surface area contributed by atoms with Crippen LogP contribution in [0.1, 0.15) is 69.4 Å². The van der Waals surface area contributed by atoms with E-state index in [1.54, 1.807) is 0 Å². The summed E-state index contributed by atoms with van der Waals surface area (Å²) in [5.74, 6) is 0.887. The van der Waals surface area contributed by atoms with Gasteiger partial charge in [-0.15, -0.1) is 0 Å². The fraction of sp³-hybridized carbons (Fsp3) is 0.458. The van der Waals surface area contributed by atoms with E-state index >= 15 is 0 Å². The second kappa shape index (κ2) is 6.57. The number of hydrogen-bond donors (Lipinski definition) is 1. The van der Waals surface area contributed by atoms with Crippen LogP contribution in [0, 0.1) is 5.41 Å². The highest BCUT2D eigenvalue weighted by Crippen LogP contribution is 2.39. The molecule has 3 rings (SSSR count). The molecule has 1 N–H and O–H groups in total. The molecular weight excluding hydrogens is 318 g/mol. The van der Waals surface area contributed by atoms with Crippen molar-refractivity contribution in [1.82, 2.24) is 0 Å². The van der Waals surface area contributed by atoms with Crippen LogP contribution in [0.5, 0.6) is 5.75 Å². The lowest BCUT2D eigenvalue weighted by molar-refractivity contribution is 0.208. The van der Waals surface area contributed by atoms with E-state index in [2.05, 4.69) is 77.9 Å². The van der Waals surface area contributed by atoms with Crippen LogP contribution in [0.15, 0.2) is 36.4 Å². The van der Waals surface area contributed by atoms with Gasteiger partial charge in [-0.2, -0.15) is 0 Å². The van der Waals surface area contributed by atoms with Crippen molar-refractivity contribution in [3.63, 3.8) is 0 Å². The Labute approximate surface area is 158 Å². The monoisotopic (exact) mass is 349 g/mol. The molecule has 0 saturated heterocycles. The van der Waals surface area contributed by atoms with Crippen LogP contribution in [-0.4, -0.2) is 12.3 Å². The van der Waals surface area contributed by atoms with Crippen LogP contribution in [0.4, 0.5) is 0 Å². The molecule has 0 heterocycles. The quantitative estimate of drug-likeness (QED) is 0.695. The van der Waals surface area contributed by atoms with Crippen LogP contribution in [0.2, 0.25) is 0 Å². The minimum Gasteiger partial charge on any atom is -0.489 e. The van der Waals surface area contributed by atoms with E-state index in [0.29, 0.717) is 0 Å². The predicted octanol–water partition coefficient (Wildman–Crippen LogP) is 5.83. The molecule has 1 aliphatic carbocycles. The average Bonchev–Trinajstić information content (AvgIpc) is 2.95. The molecule has 1 aliphatic rings. The summed E-state index contributed by atoms with van der Waals surface area (Å²) in [7, 11) is 0. The van der Waals surface area contributed by atoms with Gasteiger partial charge in [0.1, 0.15) is 11.9 Å². The number of rotatable bonds is 3. The van der Waals surface area contributed by atoms with Gasteiger partial charge < -0.3 is 10.1 Å². The molecule has 2 aromatic rings. The van der Waals surface area contributed by atoms with Gasteiger partial charge in [-0.25, -0.2) is 0 Å². The highest BCUT2D eigenvalue weighted by molar-refractivity contribution is 5.83. The Morgan fingerprint density at radius 1 is 0.923 bits per heavy atom. The molecule has 26 heavy (non-hydrogen) atoms. The second-order valence-electron chi connectivity index (χ2n) is 9.50. The van der Waals surface area contributed by atoms with Crippen molar-refractivity contribution in [3.05, 3.63) is 64.2 Å². The third-order valence-electron chi connectivity index (χ3n) is 5.25. The Bertz CT molecular complexity index is 796. The van der Waals surface area contributed by atoms with Crippen LogP contribution in [0.3, 0.4) is 0 Å². The number of ether oxygens (including phenoxy) is 1. The molecule has 0 amide bonds. The molecule has 0 aromatic heterocycles. The Morgan fingerprint density at radius 2 is 1.50 bits per heavy atom. The van der Waals surface area contributed by atoms with E-state index in [0.717, 1.165) is 24.2 Å². The molecule has 0 bridgehead atoms. The molecule has 0 unspecified atom stereocenters. The molecular formula is C24H31NO. The van der Waals surface area contributed by atoms with E-state index in [-0.39, 0.29) is 16.9 Å². The topological polar surface area (TPSA) is 33.1 Å². The summed E-state index contributed by atoms with van der Waals surface area (Å²) in [6.45, 7) is 13.3. The van der Waals surface area contributed by atoms with Crippen molar-refractivity contribution in [2.24, 2.45) is 0 Å². The predicted molar refractivity (Wildman–Crippen MR) is 110 cm³/mol. The van der Waals surface area contributed by atoms with E-state index in [1.165, 1.54) is 28.5 Å². The summed E-state index contributed by atoms with van der Waals surface area (Å²) in [4.78, 5) is 0. The van der Waals surface area contributed by atoms with Gasteiger partial charge in [-0.05, 0) is 33.6 Å². The van der Waals surface area contributed by atoms with Gasteiger partial charge in [-0.3, -0.25) is 0 Å². The van der Waals surface area contributed by atoms with Gasteiger partial charge in [0, 0.05) is 30.2 Å². The SMILES string of the molecule is CC(C)(C)c1cc(C=N)c(OC2Cc3ccccc3C2)c(C(C)(C)C)c1. The zero-order chi connectivity index (χ0) is 19.1. The largest absolute Gasteiger partial charge is 0.489 e. The number of benzene rings is 2. The van der Waals surface area contributed by atoms with E-state index in [1.807, 2.05) is 0 Å². The Balaban J connectivity index is 2.02. The molecule has 2 aromatic carbocycles. The van der Waals surface area contributed by atoms with E-state index in [4.69, 9.17) is 10.1 Å². The lowest BCUT2D eigenvalue weighted by atomic mass is 9.79. The summed E-state index contributed by atoms with van der Waals surface area (Å²) >= 11 is 0. The highest BCUT2D eigenvalue weighted by Gasteiger charge is 2.29. The third-order valence-corrected chi connectivity index (χ3v) is 5.25. The Morgan fingerprint density at radius 3 is 1.96 bits per heavy atom. The zero-order valence-corrected chi connectivity index (χ0v) is 16.9. The second-order valence-corrected chi connectivity index (χ2v) is 9.50. The first-order valence-corrected chi connectivity index (χ1v) is 9.52. The van der Waals surface area contributed by atoms with Crippen molar-refractivity contribution in [3.8, 4) is 5.75 Å². The van der Waals surface area contributed by atoms with Crippen LogP contribution >= 0.6 is 0 Å². The first-order chi connectivity index (χ1) is 12.1. The fourth-order valence-electron chi connectivity index (χ4n) is 3.65. The van der Waals surface area contributed by atoms with Gasteiger partial charge in [0.2, 0.25) is 0 Å². The standard InChI is InChI=1S/C24H31NO/c1-23(2,3)19-11-18(15-25)22(21(14-19)24(4,5)6)26-20-12-16-9-7-8-10-17(16)13-20/h7-11,14-15,20,25H,12-13H2,1-6H3. The van der Waals surface area contributed by atoms with Crippen molar-refractivity contribution < 1.29 is 4.74 Å². The molecule has 0 fully saturated rings. The number of hydrogen-bond acceptors (Lipinski definition) is 2. The fourth-order valence-corrected chi connectivity index (χ4v) is 3.65. The first kappa shape index (κ1) is 18.7. The number of fused-ring (bicyclic) bond motifs is 1. The molecule has 0 radical (unpaired) electrons. The van der Waals surface area contributed by atoms with Gasteiger partial charge in [-0.1, -0.05) is 71.9 Å².